The van der Waals surface area contributed by atoms with Crippen LogP contribution in [0.5, 0.6) is 5.75 Å². The molecule has 1 aromatic heterocycles. The Morgan fingerprint density at radius 3 is 2.58 bits per heavy atom. The average molecular weight is 380 g/mol. The zero-order valence-corrected chi connectivity index (χ0v) is 14.7. The van der Waals surface area contributed by atoms with E-state index < -0.39 is 6.61 Å². The number of rotatable bonds is 8. The lowest BCUT2D eigenvalue weighted by Crippen LogP contribution is -2.14. The molecule has 1 heterocycles. The third-order valence-electron chi connectivity index (χ3n) is 4.24. The fourth-order valence-corrected chi connectivity index (χ4v) is 3.54. The Morgan fingerprint density at radius 2 is 1.96 bits per heavy atom. The van der Waals surface area contributed by atoms with E-state index in [1.165, 1.54) is 48.9 Å². The van der Waals surface area contributed by atoms with E-state index in [9.17, 15) is 13.6 Å². The number of alkyl halides is 2. The Morgan fingerprint density at radius 1 is 1.23 bits per heavy atom. The van der Waals surface area contributed by atoms with E-state index in [4.69, 9.17) is 0 Å². The third kappa shape index (κ3) is 4.14. The number of thioether (sulfide) groups is 1. The molecule has 0 unspecified atom stereocenters. The normalized spacial score (nSPS) is 16.7. The highest BCUT2D eigenvalue weighted by Gasteiger charge is 2.36. The first kappa shape index (κ1) is 17.3. The maximum absolute atomic E-state index is 12.2. The Kier molecular flexibility index (Phi) is 4.80. The van der Waals surface area contributed by atoms with E-state index in [0.29, 0.717) is 17.6 Å². The van der Waals surface area contributed by atoms with E-state index in [1.54, 1.807) is 0 Å². The van der Waals surface area contributed by atoms with Crippen LogP contribution in [0, 0.1) is 0 Å². The van der Waals surface area contributed by atoms with Crippen LogP contribution in [-0.2, 0) is 4.79 Å². The first-order chi connectivity index (χ1) is 12.6. The number of carbonyl (C=O) groups excluding carboxylic acids is 1. The van der Waals surface area contributed by atoms with Gasteiger partial charge < -0.3 is 14.6 Å². The molecule has 2 aromatic rings. The van der Waals surface area contributed by atoms with Crippen LogP contribution in [0.2, 0.25) is 0 Å². The van der Waals surface area contributed by atoms with E-state index in [0.717, 1.165) is 23.8 Å². The number of nitrogens with one attached hydrogen (secondary N) is 1. The van der Waals surface area contributed by atoms with E-state index in [1.807, 2.05) is 0 Å². The summed E-state index contributed by atoms with van der Waals surface area (Å²) in [5, 5.41) is 12.1. The van der Waals surface area contributed by atoms with Gasteiger partial charge in [-0.25, -0.2) is 0 Å². The van der Waals surface area contributed by atoms with Crippen LogP contribution in [0.15, 0.2) is 29.4 Å². The summed E-state index contributed by atoms with van der Waals surface area (Å²) in [6.07, 6.45) is 4.62. The molecule has 4 rings (SSSR count). The number of ether oxygens (including phenoxy) is 1. The van der Waals surface area contributed by atoms with Crippen molar-refractivity contribution in [2.45, 2.75) is 49.4 Å². The first-order valence-corrected chi connectivity index (χ1v) is 9.51. The number of halogens is 2. The van der Waals surface area contributed by atoms with Crippen LogP contribution in [0.3, 0.4) is 0 Å². The molecule has 0 atom stereocenters. The fourth-order valence-electron chi connectivity index (χ4n) is 2.73. The molecule has 9 heteroatoms. The molecule has 1 N–H and O–H groups in total. The van der Waals surface area contributed by atoms with Gasteiger partial charge in [0.2, 0.25) is 5.91 Å². The van der Waals surface area contributed by atoms with Crippen LogP contribution in [0.1, 0.15) is 43.5 Å². The summed E-state index contributed by atoms with van der Waals surface area (Å²) in [4.78, 5) is 12.2. The number of hydrogen-bond donors (Lipinski definition) is 1. The Hall–Kier alpha value is -2.16. The molecule has 2 saturated carbocycles. The molecule has 138 valence electrons. The highest BCUT2D eigenvalue weighted by atomic mass is 32.2. The summed E-state index contributed by atoms with van der Waals surface area (Å²) < 4.78 is 30.7. The van der Waals surface area contributed by atoms with Gasteiger partial charge in [-0.3, -0.25) is 4.79 Å². The van der Waals surface area contributed by atoms with Crippen molar-refractivity contribution in [3.63, 3.8) is 0 Å². The molecule has 0 spiro atoms. The molecule has 2 aliphatic rings. The van der Waals surface area contributed by atoms with Gasteiger partial charge in [-0.2, -0.15) is 8.78 Å². The van der Waals surface area contributed by atoms with Gasteiger partial charge in [-0.05, 0) is 49.9 Å². The summed E-state index contributed by atoms with van der Waals surface area (Å²) in [5.74, 6) is 1.67. The second-order valence-corrected chi connectivity index (χ2v) is 7.40. The molecule has 0 radical (unpaired) electrons. The number of anilines is 1. The molecule has 1 amide bonds. The van der Waals surface area contributed by atoms with Crippen molar-refractivity contribution < 1.29 is 18.3 Å². The van der Waals surface area contributed by atoms with Gasteiger partial charge in [0.05, 0.1) is 5.75 Å². The molecule has 2 aliphatic carbocycles. The molecule has 0 bridgehead atoms. The van der Waals surface area contributed by atoms with Gasteiger partial charge in [0.1, 0.15) is 11.6 Å². The van der Waals surface area contributed by atoms with Crippen LogP contribution in [0.4, 0.5) is 14.5 Å². The van der Waals surface area contributed by atoms with Crippen molar-refractivity contribution in [2.24, 2.45) is 0 Å². The zero-order valence-electron chi connectivity index (χ0n) is 13.9. The molecular weight excluding hydrogens is 362 g/mol. The Bertz CT molecular complexity index is 789. The van der Waals surface area contributed by atoms with Crippen LogP contribution >= 0.6 is 11.8 Å². The van der Waals surface area contributed by atoms with Crippen molar-refractivity contribution >= 4 is 23.4 Å². The summed E-state index contributed by atoms with van der Waals surface area (Å²) in [6, 6.07) is 6.31. The number of aromatic nitrogens is 3. The first-order valence-electron chi connectivity index (χ1n) is 8.52. The highest BCUT2D eigenvalue weighted by molar-refractivity contribution is 7.99. The minimum Gasteiger partial charge on any atom is -0.435 e. The number of carbonyl (C=O) groups is 1. The van der Waals surface area contributed by atoms with Gasteiger partial charge in [-0.1, -0.05) is 11.8 Å². The highest BCUT2D eigenvalue weighted by Crippen LogP contribution is 2.45. The van der Waals surface area contributed by atoms with Gasteiger partial charge in [0.15, 0.2) is 5.16 Å². The molecule has 1 aromatic carbocycles. The second kappa shape index (κ2) is 7.22. The average Bonchev–Trinajstić information content (AvgIpc) is 3.53. The lowest BCUT2D eigenvalue weighted by atomic mass is 10.3. The van der Waals surface area contributed by atoms with Gasteiger partial charge in [0.25, 0.3) is 0 Å². The molecule has 0 aliphatic heterocycles. The smallest absolute Gasteiger partial charge is 0.387 e. The Labute approximate surface area is 153 Å². The maximum Gasteiger partial charge on any atom is 0.387 e. The number of amides is 1. The van der Waals surface area contributed by atoms with E-state index >= 15 is 0 Å². The van der Waals surface area contributed by atoms with Crippen LogP contribution < -0.4 is 10.1 Å². The monoisotopic (exact) mass is 380 g/mol. The van der Waals surface area contributed by atoms with E-state index in [-0.39, 0.29) is 17.4 Å². The van der Waals surface area contributed by atoms with Crippen LogP contribution in [0.25, 0.3) is 0 Å². The summed E-state index contributed by atoms with van der Waals surface area (Å²) in [7, 11) is 0. The molecule has 0 saturated heterocycles. The SMILES string of the molecule is O=C(CSc1nnc(C2CC2)n1C1CC1)Nc1ccc(OC(F)F)cc1. The molecule has 2 fully saturated rings. The predicted octanol–water partition coefficient (Wildman–Crippen LogP) is 3.82. The number of nitrogens with zero attached hydrogens (tertiary/aromatic N) is 3. The number of hydrogen-bond acceptors (Lipinski definition) is 5. The van der Waals surface area contributed by atoms with E-state index in [2.05, 4.69) is 24.8 Å². The zero-order chi connectivity index (χ0) is 18.1. The standard InChI is InChI=1S/C17H18F2N4O2S/c18-16(19)25-13-7-3-11(4-8-13)20-14(24)9-26-17-22-21-15(10-1-2-10)23(17)12-5-6-12/h3-4,7-8,10,12,16H,1-2,5-6,9H2,(H,20,24). The van der Waals surface area contributed by atoms with Crippen molar-refractivity contribution in [2.75, 3.05) is 11.1 Å². The maximum atomic E-state index is 12.2. The van der Waals surface area contributed by atoms with Gasteiger partial charge in [-0.15, -0.1) is 10.2 Å². The Balaban J connectivity index is 1.33. The van der Waals surface area contributed by atoms with Crippen LogP contribution in [-0.4, -0.2) is 33.0 Å². The van der Waals surface area contributed by atoms with Gasteiger partial charge >= 0.3 is 6.61 Å². The minimum absolute atomic E-state index is 0.0533. The molecular formula is C17H18F2N4O2S. The second-order valence-electron chi connectivity index (χ2n) is 6.46. The summed E-state index contributed by atoms with van der Waals surface area (Å²) >= 11 is 1.37. The molecule has 26 heavy (non-hydrogen) atoms. The lowest BCUT2D eigenvalue weighted by molar-refractivity contribution is -0.113. The van der Waals surface area contributed by atoms with Crippen molar-refractivity contribution in [1.29, 1.82) is 0 Å². The predicted molar refractivity (Wildman–Crippen MR) is 92.7 cm³/mol. The largest absolute Gasteiger partial charge is 0.435 e. The summed E-state index contributed by atoms with van der Waals surface area (Å²) in [5.41, 5.74) is 0.527. The lowest BCUT2D eigenvalue weighted by Gasteiger charge is -2.09. The molecule has 6 nitrogen and oxygen atoms in total. The van der Waals surface area contributed by atoms with Gasteiger partial charge in [0, 0.05) is 17.6 Å². The minimum atomic E-state index is -2.86. The number of benzene rings is 1. The third-order valence-corrected chi connectivity index (χ3v) is 5.18. The fraction of sp³-hybridized carbons (Fsp3) is 0.471. The van der Waals surface area contributed by atoms with Crippen molar-refractivity contribution in [3.8, 4) is 5.75 Å². The quantitative estimate of drug-likeness (QED) is 0.705. The van der Waals surface area contributed by atoms with Crippen molar-refractivity contribution in [3.05, 3.63) is 30.1 Å². The summed E-state index contributed by atoms with van der Waals surface area (Å²) in [6.45, 7) is -2.86. The van der Waals surface area contributed by atoms with Crippen molar-refractivity contribution in [1.82, 2.24) is 14.8 Å². The topological polar surface area (TPSA) is 69.0 Å².